The summed E-state index contributed by atoms with van der Waals surface area (Å²) >= 11 is 3.31. The Balaban J connectivity index is 2.85. The van der Waals surface area contributed by atoms with Crippen molar-refractivity contribution in [3.05, 3.63) is 28.0 Å². The smallest absolute Gasteiger partial charge is 0.305 e. The molecule has 0 saturated carbocycles. The van der Waals surface area contributed by atoms with Crippen LogP contribution in [0.3, 0.4) is 0 Å². The molecule has 1 heterocycles. The molecule has 0 bridgehead atoms. The Kier molecular flexibility index (Phi) is 3.60. The fourth-order valence-corrected chi connectivity index (χ4v) is 1.27. The van der Waals surface area contributed by atoms with Crippen molar-refractivity contribution >= 4 is 21.9 Å². The topological polar surface area (TPSA) is 76.2 Å². The number of nitrogens with two attached hydrogens (primary N) is 1. The first kappa shape index (κ1) is 11.1. The van der Waals surface area contributed by atoms with Crippen molar-refractivity contribution in [1.29, 1.82) is 0 Å². The van der Waals surface area contributed by atoms with E-state index in [1.165, 1.54) is 0 Å². The molecule has 0 fully saturated rings. The normalized spacial score (nSPS) is 12.5. The van der Waals surface area contributed by atoms with Gasteiger partial charge in [-0.15, -0.1) is 0 Å². The predicted octanol–water partition coefficient (Wildman–Crippen LogP) is 1.63. The van der Waals surface area contributed by atoms with E-state index < -0.39 is 12.0 Å². The zero-order valence-electron chi connectivity index (χ0n) is 7.70. The number of aliphatic carboxylic acids is 1. The fourth-order valence-electron chi connectivity index (χ4n) is 1.06. The monoisotopic (exact) mass is 258 g/mol. The third-order valence-electron chi connectivity index (χ3n) is 1.84. The maximum atomic E-state index is 10.4. The van der Waals surface area contributed by atoms with Gasteiger partial charge in [-0.2, -0.15) is 0 Å². The first-order chi connectivity index (χ1) is 6.50. The lowest BCUT2D eigenvalue weighted by atomic mass is 10.1. The highest BCUT2D eigenvalue weighted by Gasteiger charge is 2.12. The van der Waals surface area contributed by atoms with Crippen molar-refractivity contribution in [2.45, 2.75) is 19.4 Å². The van der Waals surface area contributed by atoms with E-state index in [2.05, 4.69) is 20.9 Å². The molecular formula is C9H11BrN2O2. The van der Waals surface area contributed by atoms with Crippen LogP contribution in [0.4, 0.5) is 0 Å². The Bertz CT molecular complexity index is 355. The number of hydrogen-bond donors (Lipinski definition) is 2. The van der Waals surface area contributed by atoms with Gasteiger partial charge in [0.2, 0.25) is 0 Å². The Morgan fingerprint density at radius 1 is 1.79 bits per heavy atom. The van der Waals surface area contributed by atoms with Gasteiger partial charge in [0.05, 0.1) is 18.2 Å². The Morgan fingerprint density at radius 2 is 2.43 bits per heavy atom. The molecule has 0 saturated heterocycles. The van der Waals surface area contributed by atoms with E-state index in [-0.39, 0.29) is 6.42 Å². The maximum absolute atomic E-state index is 10.4. The van der Waals surface area contributed by atoms with Gasteiger partial charge < -0.3 is 10.8 Å². The van der Waals surface area contributed by atoms with Crippen LogP contribution in [0, 0.1) is 6.92 Å². The summed E-state index contributed by atoms with van der Waals surface area (Å²) in [5.74, 6) is -0.917. The minimum atomic E-state index is -0.917. The predicted molar refractivity (Wildman–Crippen MR) is 55.9 cm³/mol. The van der Waals surface area contributed by atoms with E-state index in [9.17, 15) is 4.79 Å². The van der Waals surface area contributed by atoms with Crippen LogP contribution in [0.2, 0.25) is 0 Å². The highest BCUT2D eigenvalue weighted by Crippen LogP contribution is 2.19. The number of aryl methyl sites for hydroxylation is 1. The molecule has 1 aromatic rings. The standard InChI is InChI=1S/C9H11BrN2O2/c1-5-2-8(12-4-6(5)10)7(11)3-9(13)14/h2,4,7H,3,11H2,1H3,(H,13,14). The molecule has 0 aliphatic heterocycles. The van der Waals surface area contributed by atoms with Crippen molar-refractivity contribution < 1.29 is 9.90 Å². The summed E-state index contributed by atoms with van der Waals surface area (Å²) in [6, 6.07) is 1.25. The van der Waals surface area contributed by atoms with Crippen LogP contribution in [0.25, 0.3) is 0 Å². The molecule has 5 heteroatoms. The van der Waals surface area contributed by atoms with E-state index >= 15 is 0 Å². The summed E-state index contributed by atoms with van der Waals surface area (Å²) in [5, 5.41) is 8.55. The number of halogens is 1. The van der Waals surface area contributed by atoms with E-state index in [4.69, 9.17) is 10.8 Å². The molecule has 1 aromatic heterocycles. The zero-order valence-corrected chi connectivity index (χ0v) is 9.28. The average molecular weight is 259 g/mol. The lowest BCUT2D eigenvalue weighted by Crippen LogP contribution is -2.16. The summed E-state index contributed by atoms with van der Waals surface area (Å²) in [4.78, 5) is 14.5. The largest absolute Gasteiger partial charge is 0.481 e. The Labute approximate surface area is 90.3 Å². The number of carboxylic acids is 1. The molecule has 1 atom stereocenters. The molecular weight excluding hydrogens is 248 g/mol. The fraction of sp³-hybridized carbons (Fsp3) is 0.333. The number of pyridine rings is 1. The van der Waals surface area contributed by atoms with Crippen LogP contribution in [-0.4, -0.2) is 16.1 Å². The molecule has 1 rings (SSSR count). The summed E-state index contributed by atoms with van der Waals surface area (Å²) in [6.07, 6.45) is 1.53. The van der Waals surface area contributed by atoms with E-state index in [1.54, 1.807) is 12.3 Å². The van der Waals surface area contributed by atoms with Gasteiger partial charge in [-0.3, -0.25) is 9.78 Å². The second-order valence-corrected chi connectivity index (χ2v) is 3.92. The minimum absolute atomic E-state index is 0.103. The van der Waals surface area contributed by atoms with Gasteiger partial charge in [0, 0.05) is 10.7 Å². The summed E-state index contributed by atoms with van der Waals surface area (Å²) in [6.45, 7) is 1.91. The molecule has 14 heavy (non-hydrogen) atoms. The molecule has 0 aromatic carbocycles. The van der Waals surface area contributed by atoms with Crippen molar-refractivity contribution in [1.82, 2.24) is 4.98 Å². The molecule has 0 aliphatic rings. The summed E-state index contributed by atoms with van der Waals surface area (Å²) in [7, 11) is 0. The Morgan fingerprint density at radius 3 is 2.93 bits per heavy atom. The van der Waals surface area contributed by atoms with Gasteiger partial charge in [-0.1, -0.05) is 0 Å². The number of nitrogens with zero attached hydrogens (tertiary/aromatic N) is 1. The molecule has 0 radical (unpaired) electrons. The van der Waals surface area contributed by atoms with Crippen molar-refractivity contribution in [2.75, 3.05) is 0 Å². The zero-order chi connectivity index (χ0) is 10.7. The third kappa shape index (κ3) is 2.78. The number of carboxylic acid groups (broad SMARTS) is 1. The van der Waals surface area contributed by atoms with Gasteiger partial charge >= 0.3 is 5.97 Å². The van der Waals surface area contributed by atoms with Crippen LogP contribution in [-0.2, 0) is 4.79 Å². The van der Waals surface area contributed by atoms with Crippen LogP contribution in [0.5, 0.6) is 0 Å². The third-order valence-corrected chi connectivity index (χ3v) is 2.67. The number of rotatable bonds is 3. The summed E-state index contributed by atoms with van der Waals surface area (Å²) in [5.41, 5.74) is 7.26. The van der Waals surface area contributed by atoms with Crippen LogP contribution >= 0.6 is 15.9 Å². The SMILES string of the molecule is Cc1cc(C(N)CC(=O)O)ncc1Br. The highest BCUT2D eigenvalue weighted by molar-refractivity contribution is 9.10. The maximum Gasteiger partial charge on any atom is 0.305 e. The molecule has 76 valence electrons. The molecule has 3 N–H and O–H groups in total. The minimum Gasteiger partial charge on any atom is -0.481 e. The van der Waals surface area contributed by atoms with Crippen molar-refractivity contribution in [3.8, 4) is 0 Å². The van der Waals surface area contributed by atoms with Crippen LogP contribution < -0.4 is 5.73 Å². The van der Waals surface area contributed by atoms with Gasteiger partial charge in [0.1, 0.15) is 0 Å². The number of hydrogen-bond acceptors (Lipinski definition) is 3. The van der Waals surface area contributed by atoms with Crippen molar-refractivity contribution in [3.63, 3.8) is 0 Å². The number of aromatic nitrogens is 1. The molecule has 1 unspecified atom stereocenters. The van der Waals surface area contributed by atoms with Crippen LogP contribution in [0.15, 0.2) is 16.7 Å². The first-order valence-electron chi connectivity index (χ1n) is 4.10. The second kappa shape index (κ2) is 4.52. The van der Waals surface area contributed by atoms with Crippen LogP contribution in [0.1, 0.15) is 23.7 Å². The van der Waals surface area contributed by atoms with Gasteiger partial charge in [0.25, 0.3) is 0 Å². The molecule has 0 spiro atoms. The van der Waals surface area contributed by atoms with Gasteiger partial charge in [-0.25, -0.2) is 0 Å². The second-order valence-electron chi connectivity index (χ2n) is 3.06. The average Bonchev–Trinajstić information content (AvgIpc) is 2.08. The molecule has 0 aliphatic carbocycles. The first-order valence-corrected chi connectivity index (χ1v) is 4.89. The Hall–Kier alpha value is -0.940. The highest BCUT2D eigenvalue weighted by atomic mass is 79.9. The number of carbonyl (C=O) groups is 1. The van der Waals surface area contributed by atoms with Crippen molar-refractivity contribution in [2.24, 2.45) is 5.73 Å². The van der Waals surface area contributed by atoms with E-state index in [0.29, 0.717) is 5.69 Å². The summed E-state index contributed by atoms with van der Waals surface area (Å²) < 4.78 is 0.892. The lowest BCUT2D eigenvalue weighted by Gasteiger charge is -2.09. The van der Waals surface area contributed by atoms with Gasteiger partial charge in [0.15, 0.2) is 0 Å². The van der Waals surface area contributed by atoms with E-state index in [1.807, 2.05) is 6.92 Å². The molecule has 4 nitrogen and oxygen atoms in total. The van der Waals surface area contributed by atoms with E-state index in [0.717, 1.165) is 10.0 Å². The quantitative estimate of drug-likeness (QED) is 0.864. The lowest BCUT2D eigenvalue weighted by molar-refractivity contribution is -0.137. The van der Waals surface area contributed by atoms with Gasteiger partial charge in [-0.05, 0) is 34.5 Å². The molecule has 0 amide bonds.